The SMILES string of the molecule is CC1=NC2(CCCN(C3CCN(C(=O)c4c5ccccc5cc5ccccc45)CC3)C2)C(=O)N1CC1CCC1. The second kappa shape index (κ2) is 9.74. The van der Waals surface area contributed by atoms with Gasteiger partial charge in [0.25, 0.3) is 11.8 Å². The Balaban J connectivity index is 1.06. The Kier molecular flexibility index (Phi) is 6.19. The number of amides is 2. The molecule has 1 saturated carbocycles. The van der Waals surface area contributed by atoms with Gasteiger partial charge in [0.15, 0.2) is 5.54 Å². The fraction of sp³-hybridized carbons (Fsp3) is 0.485. The summed E-state index contributed by atoms with van der Waals surface area (Å²) in [5, 5.41) is 4.27. The molecular weight excluding hydrogens is 484 g/mol. The Hall–Kier alpha value is -3.25. The molecule has 1 aliphatic carbocycles. The summed E-state index contributed by atoms with van der Waals surface area (Å²) in [7, 11) is 0. The minimum atomic E-state index is -0.596. The molecule has 6 nitrogen and oxygen atoms in total. The van der Waals surface area contributed by atoms with Gasteiger partial charge in [0.05, 0.1) is 5.56 Å². The normalized spacial score (nSPS) is 25.1. The van der Waals surface area contributed by atoms with Crippen LogP contribution in [0, 0.1) is 5.92 Å². The molecule has 39 heavy (non-hydrogen) atoms. The highest BCUT2D eigenvalue weighted by Crippen LogP contribution is 2.37. The smallest absolute Gasteiger partial charge is 0.257 e. The Morgan fingerprint density at radius 3 is 2.23 bits per heavy atom. The molecule has 3 aromatic rings. The molecule has 1 atom stereocenters. The lowest BCUT2D eigenvalue weighted by Gasteiger charge is -2.44. The molecule has 3 aliphatic heterocycles. The van der Waals surface area contributed by atoms with Gasteiger partial charge < -0.3 is 4.90 Å². The molecule has 2 saturated heterocycles. The number of likely N-dealkylation sites (tertiary alicyclic amines) is 2. The number of hydrogen-bond donors (Lipinski definition) is 0. The molecule has 2 amide bonds. The van der Waals surface area contributed by atoms with Crippen LogP contribution in [0.15, 0.2) is 59.6 Å². The average molecular weight is 523 g/mol. The van der Waals surface area contributed by atoms with Crippen molar-refractivity contribution in [2.45, 2.75) is 63.5 Å². The van der Waals surface area contributed by atoms with Crippen LogP contribution >= 0.6 is 0 Å². The first kappa shape index (κ1) is 24.8. The molecule has 3 fully saturated rings. The van der Waals surface area contributed by atoms with Gasteiger partial charge >= 0.3 is 0 Å². The van der Waals surface area contributed by atoms with Gasteiger partial charge in [0.1, 0.15) is 5.84 Å². The van der Waals surface area contributed by atoms with Crippen LogP contribution in [0.2, 0.25) is 0 Å². The summed E-state index contributed by atoms with van der Waals surface area (Å²) in [6.07, 6.45) is 7.50. The molecule has 3 aromatic carbocycles. The van der Waals surface area contributed by atoms with Crippen molar-refractivity contribution >= 4 is 39.2 Å². The molecular formula is C33H38N4O2. The number of carbonyl (C=O) groups excluding carboxylic acids is 2. The number of aliphatic imine (C=N–C) groups is 1. The van der Waals surface area contributed by atoms with E-state index in [4.69, 9.17) is 4.99 Å². The lowest BCUT2D eigenvalue weighted by molar-refractivity contribution is -0.134. The van der Waals surface area contributed by atoms with Gasteiger partial charge in [-0.1, -0.05) is 55.0 Å². The van der Waals surface area contributed by atoms with E-state index < -0.39 is 5.54 Å². The summed E-state index contributed by atoms with van der Waals surface area (Å²) in [4.78, 5) is 39.2. The van der Waals surface area contributed by atoms with Gasteiger partial charge in [-0.3, -0.25) is 24.4 Å². The summed E-state index contributed by atoms with van der Waals surface area (Å²) in [6, 6.07) is 19.0. The predicted octanol–water partition coefficient (Wildman–Crippen LogP) is 5.49. The summed E-state index contributed by atoms with van der Waals surface area (Å²) in [6.45, 7) is 6.09. The maximum atomic E-state index is 14.0. The minimum absolute atomic E-state index is 0.134. The van der Waals surface area contributed by atoms with Crippen molar-refractivity contribution in [2.24, 2.45) is 10.9 Å². The van der Waals surface area contributed by atoms with Crippen LogP contribution in [0.5, 0.6) is 0 Å². The van der Waals surface area contributed by atoms with Crippen LogP contribution in [0.25, 0.3) is 21.5 Å². The van der Waals surface area contributed by atoms with E-state index in [1.165, 1.54) is 19.3 Å². The van der Waals surface area contributed by atoms with E-state index in [9.17, 15) is 9.59 Å². The standard InChI is InChI=1S/C33H38N4O2/c1-23-34-33(32(39)37(23)21-24-8-6-9-24)16-7-17-36(22-33)27-14-18-35(19-15-27)31(38)30-28-12-4-2-10-25(28)20-26-11-3-5-13-29(26)30/h2-5,10-13,20,24,27H,6-9,14-19,21-22H2,1H3. The van der Waals surface area contributed by atoms with Gasteiger partial charge in [-0.2, -0.15) is 0 Å². The van der Waals surface area contributed by atoms with Crippen molar-refractivity contribution < 1.29 is 9.59 Å². The third-order valence-electron chi connectivity index (χ3n) is 9.83. The maximum Gasteiger partial charge on any atom is 0.257 e. The molecule has 1 spiro atoms. The van der Waals surface area contributed by atoms with Crippen molar-refractivity contribution in [2.75, 3.05) is 32.7 Å². The number of rotatable bonds is 4. The largest absolute Gasteiger partial charge is 0.338 e. The van der Waals surface area contributed by atoms with Crippen molar-refractivity contribution in [3.63, 3.8) is 0 Å². The summed E-state index contributed by atoms with van der Waals surface area (Å²) in [5.41, 5.74) is 0.230. The lowest BCUT2D eigenvalue weighted by atomic mass is 9.84. The number of fused-ring (bicyclic) bond motifs is 2. The van der Waals surface area contributed by atoms with Crippen LogP contribution in [-0.4, -0.2) is 76.7 Å². The molecule has 0 bridgehead atoms. The van der Waals surface area contributed by atoms with Crippen molar-refractivity contribution in [1.82, 2.24) is 14.7 Å². The van der Waals surface area contributed by atoms with Crippen LogP contribution in [0.3, 0.4) is 0 Å². The topological polar surface area (TPSA) is 56.2 Å². The fourth-order valence-electron chi connectivity index (χ4n) is 7.45. The first-order valence-electron chi connectivity index (χ1n) is 14.8. The number of nitrogens with zero attached hydrogens (tertiary/aromatic N) is 4. The quantitative estimate of drug-likeness (QED) is 0.426. The molecule has 0 N–H and O–H groups in total. The number of amidine groups is 1. The molecule has 202 valence electrons. The highest BCUT2D eigenvalue weighted by atomic mass is 16.2. The maximum absolute atomic E-state index is 14.0. The highest BCUT2D eigenvalue weighted by molar-refractivity contribution is 6.18. The lowest BCUT2D eigenvalue weighted by Crippen LogP contribution is -2.57. The second-order valence-corrected chi connectivity index (χ2v) is 12.2. The zero-order chi connectivity index (χ0) is 26.6. The number of carbonyl (C=O) groups is 2. The third kappa shape index (κ3) is 4.24. The van der Waals surface area contributed by atoms with E-state index in [-0.39, 0.29) is 11.8 Å². The zero-order valence-corrected chi connectivity index (χ0v) is 22.9. The molecule has 1 unspecified atom stereocenters. The van der Waals surface area contributed by atoms with Crippen LogP contribution in [0.4, 0.5) is 0 Å². The number of benzene rings is 3. The molecule has 0 radical (unpaired) electrons. The summed E-state index contributed by atoms with van der Waals surface area (Å²) >= 11 is 0. The number of hydrogen-bond acceptors (Lipinski definition) is 4. The summed E-state index contributed by atoms with van der Waals surface area (Å²) in [5.74, 6) is 1.92. The van der Waals surface area contributed by atoms with E-state index in [0.717, 1.165) is 91.4 Å². The molecule has 0 aromatic heterocycles. The van der Waals surface area contributed by atoms with E-state index in [1.54, 1.807) is 0 Å². The van der Waals surface area contributed by atoms with E-state index in [2.05, 4.69) is 35.2 Å². The van der Waals surface area contributed by atoms with E-state index >= 15 is 0 Å². The van der Waals surface area contributed by atoms with Crippen molar-refractivity contribution in [3.05, 3.63) is 60.2 Å². The minimum Gasteiger partial charge on any atom is -0.338 e. The first-order chi connectivity index (χ1) is 19.0. The Morgan fingerprint density at radius 2 is 1.59 bits per heavy atom. The van der Waals surface area contributed by atoms with Gasteiger partial charge in [0, 0.05) is 32.2 Å². The molecule has 6 heteroatoms. The predicted molar refractivity (Wildman–Crippen MR) is 156 cm³/mol. The van der Waals surface area contributed by atoms with E-state index in [1.807, 2.05) is 41.0 Å². The van der Waals surface area contributed by atoms with Gasteiger partial charge in [0.2, 0.25) is 0 Å². The number of piperidine rings is 2. The zero-order valence-electron chi connectivity index (χ0n) is 22.9. The Bertz CT molecular complexity index is 1420. The molecule has 7 rings (SSSR count). The van der Waals surface area contributed by atoms with E-state index in [0.29, 0.717) is 12.0 Å². The van der Waals surface area contributed by atoms with Gasteiger partial charge in [-0.05, 0) is 85.5 Å². The van der Waals surface area contributed by atoms with Crippen molar-refractivity contribution in [3.8, 4) is 0 Å². The fourth-order valence-corrected chi connectivity index (χ4v) is 7.45. The Morgan fingerprint density at radius 1 is 0.923 bits per heavy atom. The van der Waals surface area contributed by atoms with Crippen LogP contribution in [0.1, 0.15) is 62.2 Å². The van der Waals surface area contributed by atoms with Crippen LogP contribution in [-0.2, 0) is 4.79 Å². The highest BCUT2D eigenvalue weighted by Gasteiger charge is 2.50. The monoisotopic (exact) mass is 522 g/mol. The van der Waals surface area contributed by atoms with Crippen LogP contribution < -0.4 is 0 Å². The Labute approximate surface area is 230 Å². The second-order valence-electron chi connectivity index (χ2n) is 12.2. The third-order valence-corrected chi connectivity index (χ3v) is 9.83. The summed E-state index contributed by atoms with van der Waals surface area (Å²) < 4.78 is 0. The molecule has 3 heterocycles. The average Bonchev–Trinajstić information content (AvgIpc) is 3.16. The van der Waals surface area contributed by atoms with Crippen molar-refractivity contribution in [1.29, 1.82) is 0 Å². The van der Waals surface area contributed by atoms with Gasteiger partial charge in [-0.15, -0.1) is 0 Å². The van der Waals surface area contributed by atoms with Gasteiger partial charge in [-0.25, -0.2) is 0 Å². The molecule has 4 aliphatic rings. The first-order valence-corrected chi connectivity index (χ1v) is 14.8.